The standard InChI is InChI=1S/C15H25N3/c1-3-6-17-7-9-18(10-8-17)15-5-4-13(2)11-14(15)12-16/h4-5,11H,3,6-10,12,16H2,1-2H3. The van der Waals surface area contributed by atoms with Gasteiger partial charge in [0.25, 0.3) is 0 Å². The van der Waals surface area contributed by atoms with Gasteiger partial charge in [0.2, 0.25) is 0 Å². The molecule has 1 saturated heterocycles. The Kier molecular flexibility index (Phi) is 4.61. The zero-order valence-electron chi connectivity index (χ0n) is 11.7. The van der Waals surface area contributed by atoms with E-state index in [0.717, 1.165) is 13.1 Å². The molecule has 0 amide bonds. The Morgan fingerprint density at radius 3 is 2.50 bits per heavy atom. The third kappa shape index (κ3) is 3.03. The molecule has 18 heavy (non-hydrogen) atoms. The minimum atomic E-state index is 0.631. The van der Waals surface area contributed by atoms with Crippen LogP contribution in [0.5, 0.6) is 0 Å². The molecule has 0 spiro atoms. The van der Waals surface area contributed by atoms with Crippen LogP contribution in [0.3, 0.4) is 0 Å². The van der Waals surface area contributed by atoms with E-state index in [2.05, 4.69) is 41.8 Å². The van der Waals surface area contributed by atoms with Gasteiger partial charge in [-0.2, -0.15) is 0 Å². The van der Waals surface area contributed by atoms with Crippen molar-refractivity contribution in [1.82, 2.24) is 4.90 Å². The van der Waals surface area contributed by atoms with Gasteiger partial charge < -0.3 is 10.6 Å². The summed E-state index contributed by atoms with van der Waals surface area (Å²) >= 11 is 0. The second kappa shape index (κ2) is 6.21. The van der Waals surface area contributed by atoms with Crippen molar-refractivity contribution in [3.8, 4) is 0 Å². The third-order valence-electron chi connectivity index (χ3n) is 3.71. The van der Waals surface area contributed by atoms with Gasteiger partial charge in [-0.15, -0.1) is 0 Å². The molecule has 1 fully saturated rings. The molecule has 0 saturated carbocycles. The number of rotatable bonds is 4. The maximum atomic E-state index is 5.86. The van der Waals surface area contributed by atoms with Gasteiger partial charge in [0.1, 0.15) is 0 Å². The smallest absolute Gasteiger partial charge is 0.0412 e. The summed E-state index contributed by atoms with van der Waals surface area (Å²) in [7, 11) is 0. The third-order valence-corrected chi connectivity index (χ3v) is 3.71. The molecule has 0 aromatic heterocycles. The summed E-state index contributed by atoms with van der Waals surface area (Å²) in [6, 6.07) is 6.63. The Morgan fingerprint density at radius 2 is 1.89 bits per heavy atom. The molecule has 0 radical (unpaired) electrons. The average molecular weight is 247 g/mol. The summed E-state index contributed by atoms with van der Waals surface area (Å²) in [5.41, 5.74) is 9.77. The SMILES string of the molecule is CCCN1CCN(c2ccc(C)cc2CN)CC1. The number of nitrogens with two attached hydrogens (primary N) is 1. The molecule has 2 rings (SSSR count). The molecule has 1 aliphatic rings. The first-order chi connectivity index (χ1) is 8.74. The molecule has 1 aliphatic heterocycles. The fourth-order valence-electron chi connectivity index (χ4n) is 2.71. The van der Waals surface area contributed by atoms with Gasteiger partial charge in [0, 0.05) is 38.4 Å². The molecule has 1 aromatic rings. The zero-order valence-corrected chi connectivity index (χ0v) is 11.7. The number of anilines is 1. The number of piperazine rings is 1. The van der Waals surface area contributed by atoms with E-state index in [1.807, 2.05) is 0 Å². The van der Waals surface area contributed by atoms with Crippen molar-refractivity contribution in [2.24, 2.45) is 5.73 Å². The van der Waals surface area contributed by atoms with Crippen molar-refractivity contribution in [3.63, 3.8) is 0 Å². The number of hydrogen-bond acceptors (Lipinski definition) is 3. The quantitative estimate of drug-likeness (QED) is 0.883. The van der Waals surface area contributed by atoms with Crippen LogP contribution in [0, 0.1) is 6.92 Å². The molecule has 1 aromatic carbocycles. The van der Waals surface area contributed by atoms with Gasteiger partial charge in [0.15, 0.2) is 0 Å². The van der Waals surface area contributed by atoms with Crippen molar-refractivity contribution in [2.45, 2.75) is 26.8 Å². The van der Waals surface area contributed by atoms with Crippen LogP contribution in [0.25, 0.3) is 0 Å². The lowest BCUT2D eigenvalue weighted by Crippen LogP contribution is -2.46. The first kappa shape index (κ1) is 13.4. The fourth-order valence-corrected chi connectivity index (χ4v) is 2.71. The summed E-state index contributed by atoms with van der Waals surface area (Å²) in [6.07, 6.45) is 1.25. The van der Waals surface area contributed by atoms with E-state index in [0.29, 0.717) is 6.54 Å². The van der Waals surface area contributed by atoms with E-state index in [1.165, 1.54) is 42.9 Å². The molecule has 3 nitrogen and oxygen atoms in total. The van der Waals surface area contributed by atoms with Crippen LogP contribution >= 0.6 is 0 Å². The van der Waals surface area contributed by atoms with Crippen molar-refractivity contribution in [3.05, 3.63) is 29.3 Å². The second-order valence-corrected chi connectivity index (χ2v) is 5.16. The normalized spacial score (nSPS) is 17.2. The Morgan fingerprint density at radius 1 is 1.17 bits per heavy atom. The van der Waals surface area contributed by atoms with E-state index < -0.39 is 0 Å². The molecule has 0 bridgehead atoms. The maximum Gasteiger partial charge on any atom is 0.0412 e. The number of benzene rings is 1. The number of nitrogens with zero attached hydrogens (tertiary/aromatic N) is 2. The van der Waals surface area contributed by atoms with Gasteiger partial charge in [-0.25, -0.2) is 0 Å². The molecule has 0 unspecified atom stereocenters. The lowest BCUT2D eigenvalue weighted by Gasteiger charge is -2.37. The minimum Gasteiger partial charge on any atom is -0.369 e. The monoisotopic (exact) mass is 247 g/mol. The van der Waals surface area contributed by atoms with Crippen LogP contribution in [-0.4, -0.2) is 37.6 Å². The van der Waals surface area contributed by atoms with Gasteiger partial charge in [-0.1, -0.05) is 24.6 Å². The minimum absolute atomic E-state index is 0.631. The molecule has 0 aliphatic carbocycles. The first-order valence-corrected chi connectivity index (χ1v) is 7.01. The molecular weight excluding hydrogens is 222 g/mol. The molecular formula is C15H25N3. The number of hydrogen-bond donors (Lipinski definition) is 1. The van der Waals surface area contributed by atoms with Crippen molar-refractivity contribution < 1.29 is 0 Å². The maximum absolute atomic E-state index is 5.86. The van der Waals surface area contributed by atoms with Crippen molar-refractivity contribution >= 4 is 5.69 Å². The van der Waals surface area contributed by atoms with Gasteiger partial charge in [0.05, 0.1) is 0 Å². The predicted octanol–water partition coefficient (Wildman–Crippen LogP) is 1.99. The second-order valence-electron chi connectivity index (χ2n) is 5.16. The highest BCUT2D eigenvalue weighted by Crippen LogP contribution is 2.23. The Bertz CT molecular complexity index is 381. The van der Waals surface area contributed by atoms with Crippen molar-refractivity contribution in [2.75, 3.05) is 37.6 Å². The Hall–Kier alpha value is -1.06. The highest BCUT2D eigenvalue weighted by Gasteiger charge is 2.18. The van der Waals surface area contributed by atoms with Crippen LogP contribution in [-0.2, 0) is 6.54 Å². The molecule has 2 N–H and O–H groups in total. The van der Waals surface area contributed by atoms with E-state index in [4.69, 9.17) is 5.73 Å². The van der Waals surface area contributed by atoms with Crippen LogP contribution in [0.2, 0.25) is 0 Å². The highest BCUT2D eigenvalue weighted by atomic mass is 15.3. The molecule has 100 valence electrons. The summed E-state index contributed by atoms with van der Waals surface area (Å²) in [5.74, 6) is 0. The van der Waals surface area contributed by atoms with E-state index >= 15 is 0 Å². The summed E-state index contributed by atoms with van der Waals surface area (Å²) in [6.45, 7) is 10.8. The molecule has 1 heterocycles. The summed E-state index contributed by atoms with van der Waals surface area (Å²) in [4.78, 5) is 5.03. The topological polar surface area (TPSA) is 32.5 Å². The highest BCUT2D eigenvalue weighted by molar-refractivity contribution is 5.55. The largest absolute Gasteiger partial charge is 0.369 e. The van der Waals surface area contributed by atoms with Gasteiger partial charge in [-0.3, -0.25) is 4.90 Å². The number of aryl methyl sites for hydroxylation is 1. The Labute approximate surface area is 111 Å². The van der Waals surface area contributed by atoms with Gasteiger partial charge >= 0.3 is 0 Å². The average Bonchev–Trinajstić information content (AvgIpc) is 2.40. The molecule has 3 heteroatoms. The van der Waals surface area contributed by atoms with Crippen LogP contribution in [0.1, 0.15) is 24.5 Å². The van der Waals surface area contributed by atoms with E-state index in [-0.39, 0.29) is 0 Å². The lowest BCUT2D eigenvalue weighted by atomic mass is 10.1. The predicted molar refractivity (Wildman–Crippen MR) is 78.0 cm³/mol. The Balaban J connectivity index is 2.05. The lowest BCUT2D eigenvalue weighted by molar-refractivity contribution is 0.258. The van der Waals surface area contributed by atoms with Crippen LogP contribution in [0.15, 0.2) is 18.2 Å². The molecule has 0 atom stereocenters. The van der Waals surface area contributed by atoms with E-state index in [9.17, 15) is 0 Å². The summed E-state index contributed by atoms with van der Waals surface area (Å²) in [5, 5.41) is 0. The van der Waals surface area contributed by atoms with Crippen LogP contribution < -0.4 is 10.6 Å². The fraction of sp³-hybridized carbons (Fsp3) is 0.600. The van der Waals surface area contributed by atoms with Gasteiger partial charge in [-0.05, 0) is 31.5 Å². The summed E-state index contributed by atoms with van der Waals surface area (Å²) < 4.78 is 0. The zero-order chi connectivity index (χ0) is 13.0. The van der Waals surface area contributed by atoms with E-state index in [1.54, 1.807) is 0 Å². The van der Waals surface area contributed by atoms with Crippen molar-refractivity contribution in [1.29, 1.82) is 0 Å². The van der Waals surface area contributed by atoms with Crippen LogP contribution in [0.4, 0.5) is 5.69 Å². The first-order valence-electron chi connectivity index (χ1n) is 7.01.